The lowest BCUT2D eigenvalue weighted by atomic mass is 9.93. The van der Waals surface area contributed by atoms with Gasteiger partial charge in [0.2, 0.25) is 5.91 Å². The van der Waals surface area contributed by atoms with Crippen molar-refractivity contribution in [1.29, 1.82) is 0 Å². The van der Waals surface area contributed by atoms with Crippen LogP contribution in [0.4, 0.5) is 0 Å². The Morgan fingerprint density at radius 1 is 1.14 bits per heavy atom. The number of hydrogen-bond acceptors (Lipinski definition) is 2. The van der Waals surface area contributed by atoms with E-state index in [-0.39, 0.29) is 24.3 Å². The van der Waals surface area contributed by atoms with Crippen molar-refractivity contribution in [1.82, 2.24) is 5.32 Å². The summed E-state index contributed by atoms with van der Waals surface area (Å²) in [4.78, 5) is 23.1. The largest absolute Gasteiger partial charge is 0.354 e. The van der Waals surface area contributed by atoms with Gasteiger partial charge in [0.1, 0.15) is 6.29 Å². The summed E-state index contributed by atoms with van der Waals surface area (Å²) >= 11 is 0. The molecule has 1 atom stereocenters. The minimum Gasteiger partial charge on any atom is -0.354 e. The van der Waals surface area contributed by atoms with Crippen molar-refractivity contribution in [3.63, 3.8) is 0 Å². The third kappa shape index (κ3) is 4.15. The van der Waals surface area contributed by atoms with Crippen LogP contribution < -0.4 is 5.32 Å². The van der Waals surface area contributed by atoms with Crippen LogP contribution in [-0.4, -0.2) is 18.2 Å². The molecule has 3 heteroatoms. The van der Waals surface area contributed by atoms with Gasteiger partial charge in [0.15, 0.2) is 0 Å². The molecule has 2 rings (SSSR count). The molecule has 0 aliphatic carbocycles. The summed E-state index contributed by atoms with van der Waals surface area (Å²) in [6, 6.07) is 14.3. The van der Waals surface area contributed by atoms with Crippen LogP contribution in [0.25, 0.3) is 10.8 Å². The quantitative estimate of drug-likeness (QED) is 0.828. The van der Waals surface area contributed by atoms with E-state index < -0.39 is 0 Å². The van der Waals surface area contributed by atoms with E-state index in [1.54, 1.807) is 0 Å². The van der Waals surface area contributed by atoms with Crippen LogP contribution in [0.15, 0.2) is 42.5 Å². The number of rotatable bonds is 6. The van der Waals surface area contributed by atoms with E-state index in [1.807, 2.05) is 38.1 Å². The standard InChI is InChI=1S/C18H21NO2/c1-13(2)19-18(21)11-14(12-20)10-16-8-5-7-15-6-3-4-9-17(15)16/h3-9,12-14H,10-11H2,1-2H3,(H,19,21). The van der Waals surface area contributed by atoms with Gasteiger partial charge >= 0.3 is 0 Å². The van der Waals surface area contributed by atoms with Crippen molar-refractivity contribution < 1.29 is 9.59 Å². The van der Waals surface area contributed by atoms with Crippen molar-refractivity contribution in [2.75, 3.05) is 0 Å². The van der Waals surface area contributed by atoms with E-state index in [9.17, 15) is 9.59 Å². The summed E-state index contributed by atoms with van der Waals surface area (Å²) < 4.78 is 0. The van der Waals surface area contributed by atoms with Gasteiger partial charge in [-0.25, -0.2) is 0 Å². The molecule has 0 radical (unpaired) electrons. The van der Waals surface area contributed by atoms with Gasteiger partial charge in [-0.15, -0.1) is 0 Å². The van der Waals surface area contributed by atoms with Crippen LogP contribution >= 0.6 is 0 Å². The minimum absolute atomic E-state index is 0.0673. The fraction of sp³-hybridized carbons (Fsp3) is 0.333. The molecule has 1 amide bonds. The highest BCUT2D eigenvalue weighted by molar-refractivity contribution is 5.86. The van der Waals surface area contributed by atoms with Crippen LogP contribution in [-0.2, 0) is 16.0 Å². The maximum Gasteiger partial charge on any atom is 0.220 e. The average Bonchev–Trinajstić information content (AvgIpc) is 2.46. The molecule has 3 nitrogen and oxygen atoms in total. The molecule has 110 valence electrons. The average molecular weight is 283 g/mol. The van der Waals surface area contributed by atoms with Crippen molar-refractivity contribution >= 4 is 23.0 Å². The first kappa shape index (κ1) is 15.2. The fourth-order valence-electron chi connectivity index (χ4n) is 2.54. The Labute approximate surface area is 125 Å². The zero-order chi connectivity index (χ0) is 15.2. The number of nitrogens with one attached hydrogen (secondary N) is 1. The molecule has 0 saturated carbocycles. The van der Waals surface area contributed by atoms with Gasteiger partial charge in [0.05, 0.1) is 0 Å². The van der Waals surface area contributed by atoms with Gasteiger partial charge in [-0.2, -0.15) is 0 Å². The highest BCUT2D eigenvalue weighted by Crippen LogP contribution is 2.21. The van der Waals surface area contributed by atoms with Crippen molar-refractivity contribution in [3.8, 4) is 0 Å². The minimum atomic E-state index is -0.283. The molecule has 0 spiro atoms. The lowest BCUT2D eigenvalue weighted by Crippen LogP contribution is -2.32. The highest BCUT2D eigenvalue weighted by Gasteiger charge is 2.15. The fourth-order valence-corrected chi connectivity index (χ4v) is 2.54. The smallest absolute Gasteiger partial charge is 0.220 e. The first-order valence-corrected chi connectivity index (χ1v) is 7.31. The zero-order valence-electron chi connectivity index (χ0n) is 12.5. The summed E-state index contributed by atoms with van der Waals surface area (Å²) in [5.41, 5.74) is 1.11. The van der Waals surface area contributed by atoms with Crippen LogP contribution in [0, 0.1) is 5.92 Å². The predicted molar refractivity (Wildman–Crippen MR) is 85.1 cm³/mol. The highest BCUT2D eigenvalue weighted by atomic mass is 16.1. The van der Waals surface area contributed by atoms with E-state index in [4.69, 9.17) is 0 Å². The summed E-state index contributed by atoms with van der Waals surface area (Å²) in [6.07, 6.45) is 1.73. The Morgan fingerprint density at radius 2 is 1.86 bits per heavy atom. The maximum absolute atomic E-state index is 11.8. The monoisotopic (exact) mass is 283 g/mol. The molecule has 0 fully saturated rings. The summed E-state index contributed by atoms with van der Waals surface area (Å²) in [6.45, 7) is 3.83. The van der Waals surface area contributed by atoms with E-state index in [2.05, 4.69) is 23.5 Å². The third-order valence-corrected chi connectivity index (χ3v) is 3.45. The van der Waals surface area contributed by atoms with Gasteiger partial charge in [0.25, 0.3) is 0 Å². The van der Waals surface area contributed by atoms with E-state index in [0.717, 1.165) is 22.6 Å². The number of hydrogen-bond donors (Lipinski definition) is 1. The molecule has 2 aromatic carbocycles. The van der Waals surface area contributed by atoms with Crippen LogP contribution in [0.5, 0.6) is 0 Å². The van der Waals surface area contributed by atoms with E-state index >= 15 is 0 Å². The second-order valence-electron chi connectivity index (χ2n) is 5.66. The molecule has 0 saturated heterocycles. The van der Waals surface area contributed by atoms with Gasteiger partial charge in [-0.05, 0) is 36.6 Å². The number of aldehydes is 1. The van der Waals surface area contributed by atoms with E-state index in [0.29, 0.717) is 6.42 Å². The lowest BCUT2D eigenvalue weighted by Gasteiger charge is -2.14. The Hall–Kier alpha value is -2.16. The Bertz CT molecular complexity index is 629. The summed E-state index contributed by atoms with van der Waals surface area (Å²) in [5.74, 6) is -0.350. The predicted octanol–water partition coefficient (Wildman–Crippen LogP) is 3.11. The number of fused-ring (bicyclic) bond motifs is 1. The molecule has 0 aliphatic rings. The zero-order valence-corrected chi connectivity index (χ0v) is 12.5. The first-order chi connectivity index (χ1) is 10.1. The van der Waals surface area contributed by atoms with Crippen LogP contribution in [0.2, 0.25) is 0 Å². The molecule has 0 bridgehead atoms. The van der Waals surface area contributed by atoms with Gasteiger partial charge in [0, 0.05) is 18.4 Å². The summed E-state index contributed by atoms with van der Waals surface area (Å²) in [5, 5.41) is 5.14. The van der Waals surface area contributed by atoms with E-state index in [1.165, 1.54) is 0 Å². The number of benzene rings is 2. The van der Waals surface area contributed by atoms with Crippen molar-refractivity contribution in [3.05, 3.63) is 48.0 Å². The maximum atomic E-state index is 11.8. The molecule has 0 heterocycles. The SMILES string of the molecule is CC(C)NC(=O)CC(C=O)Cc1cccc2ccccc12. The molecule has 21 heavy (non-hydrogen) atoms. The van der Waals surface area contributed by atoms with Crippen LogP contribution in [0.1, 0.15) is 25.8 Å². The molecule has 0 aromatic heterocycles. The Morgan fingerprint density at radius 3 is 2.57 bits per heavy atom. The second-order valence-corrected chi connectivity index (χ2v) is 5.66. The number of carbonyl (C=O) groups excluding carboxylic acids is 2. The second kappa shape index (κ2) is 7.02. The number of carbonyl (C=O) groups is 2. The van der Waals surface area contributed by atoms with Gasteiger partial charge < -0.3 is 10.1 Å². The van der Waals surface area contributed by atoms with Crippen molar-refractivity contribution in [2.24, 2.45) is 5.92 Å². The first-order valence-electron chi connectivity index (χ1n) is 7.31. The Kier molecular flexibility index (Phi) is 5.09. The molecule has 0 aliphatic heterocycles. The molecule has 2 aromatic rings. The molecule has 1 N–H and O–H groups in total. The lowest BCUT2D eigenvalue weighted by molar-refractivity contribution is -0.124. The van der Waals surface area contributed by atoms with Crippen LogP contribution in [0.3, 0.4) is 0 Å². The normalized spacial score (nSPS) is 12.3. The van der Waals surface area contributed by atoms with Gasteiger partial charge in [-0.3, -0.25) is 4.79 Å². The molecule has 1 unspecified atom stereocenters. The summed E-state index contributed by atoms with van der Waals surface area (Å²) in [7, 11) is 0. The molecular weight excluding hydrogens is 262 g/mol. The third-order valence-electron chi connectivity index (χ3n) is 3.45. The number of amides is 1. The van der Waals surface area contributed by atoms with Crippen molar-refractivity contribution in [2.45, 2.75) is 32.7 Å². The Balaban J connectivity index is 2.14. The molecular formula is C18H21NO2. The van der Waals surface area contributed by atoms with Gasteiger partial charge in [-0.1, -0.05) is 42.5 Å². The topological polar surface area (TPSA) is 46.2 Å².